The Morgan fingerprint density at radius 3 is 2.60 bits per heavy atom. The van der Waals surface area contributed by atoms with E-state index >= 15 is 0 Å². The molecule has 0 saturated carbocycles. The molecule has 2 aromatic rings. The van der Waals surface area contributed by atoms with Crippen molar-refractivity contribution in [3.8, 4) is 0 Å². The first-order valence-corrected chi connectivity index (χ1v) is 8.30. The van der Waals surface area contributed by atoms with E-state index in [0.29, 0.717) is 18.5 Å². The Hall–Kier alpha value is -3.15. The molecule has 2 aliphatic rings. The smallest absolute Gasteiger partial charge is 0.269 e. The predicted octanol–water partition coefficient (Wildman–Crippen LogP) is 2.16. The third-order valence-corrected chi connectivity index (χ3v) is 4.57. The van der Waals surface area contributed by atoms with E-state index in [2.05, 4.69) is 15.8 Å². The average Bonchev–Trinajstić information content (AvgIpc) is 3.07. The van der Waals surface area contributed by atoms with Gasteiger partial charge in [-0.05, 0) is 30.2 Å². The standard InChI is InChI=1S/C19H18N4O2/c24-18(13-6-2-1-3-7-13)21-22-19(25)16-10-11-17-20-15-9-5-4-8-14(15)12-23(16)17/h1-9,16H,10-12H2,(H,21,24)(H,22,25)/t16-/m1/s1. The lowest BCUT2D eigenvalue weighted by Gasteiger charge is -2.29. The number of carbonyl (C=O) groups excluding carboxylic acids is 2. The summed E-state index contributed by atoms with van der Waals surface area (Å²) in [6.07, 6.45) is 1.46. The number of aliphatic imine (C=N–C) groups is 1. The van der Waals surface area contributed by atoms with Crippen LogP contribution in [-0.4, -0.2) is 28.6 Å². The Morgan fingerprint density at radius 2 is 1.76 bits per heavy atom. The van der Waals surface area contributed by atoms with Crippen molar-refractivity contribution >= 4 is 23.3 Å². The molecule has 0 bridgehead atoms. The van der Waals surface area contributed by atoms with E-state index in [1.54, 1.807) is 24.3 Å². The van der Waals surface area contributed by atoms with E-state index < -0.39 is 0 Å². The zero-order valence-corrected chi connectivity index (χ0v) is 13.6. The Morgan fingerprint density at radius 1 is 1.00 bits per heavy atom. The molecule has 0 radical (unpaired) electrons. The number of amidine groups is 1. The van der Waals surface area contributed by atoms with E-state index in [1.165, 1.54) is 0 Å². The highest BCUT2D eigenvalue weighted by atomic mass is 16.2. The van der Waals surface area contributed by atoms with Gasteiger partial charge >= 0.3 is 0 Å². The number of benzene rings is 2. The molecule has 1 saturated heterocycles. The number of para-hydroxylation sites is 1. The van der Waals surface area contributed by atoms with Crippen LogP contribution in [-0.2, 0) is 11.3 Å². The number of amides is 2. The number of fused-ring (bicyclic) bond motifs is 2. The minimum absolute atomic E-state index is 0.214. The largest absolute Gasteiger partial charge is 0.344 e. The van der Waals surface area contributed by atoms with Crippen LogP contribution in [0, 0.1) is 0 Å². The molecular formula is C19H18N4O2. The first kappa shape index (κ1) is 15.4. The van der Waals surface area contributed by atoms with E-state index in [-0.39, 0.29) is 17.9 Å². The molecule has 2 N–H and O–H groups in total. The number of nitrogens with zero attached hydrogens (tertiary/aromatic N) is 2. The SMILES string of the molecule is O=C(NNC(=O)[C@H]1CCC2=Nc3ccccc3CN21)c1ccccc1. The van der Waals surface area contributed by atoms with Crippen molar-refractivity contribution < 1.29 is 9.59 Å². The molecule has 0 aromatic heterocycles. The van der Waals surface area contributed by atoms with E-state index in [4.69, 9.17) is 0 Å². The topological polar surface area (TPSA) is 73.8 Å². The average molecular weight is 334 g/mol. The highest BCUT2D eigenvalue weighted by molar-refractivity contribution is 5.98. The highest BCUT2D eigenvalue weighted by Crippen LogP contribution is 2.32. The molecule has 1 fully saturated rings. The zero-order chi connectivity index (χ0) is 17.2. The van der Waals surface area contributed by atoms with Crippen LogP contribution in [0.15, 0.2) is 59.6 Å². The van der Waals surface area contributed by atoms with Gasteiger partial charge in [-0.25, -0.2) is 4.99 Å². The van der Waals surface area contributed by atoms with Gasteiger partial charge in [0.25, 0.3) is 11.8 Å². The van der Waals surface area contributed by atoms with Crippen LogP contribution in [0.3, 0.4) is 0 Å². The van der Waals surface area contributed by atoms with E-state index in [1.807, 2.05) is 35.2 Å². The second-order valence-corrected chi connectivity index (χ2v) is 6.15. The van der Waals surface area contributed by atoms with Gasteiger partial charge in [0.1, 0.15) is 11.9 Å². The Kier molecular flexibility index (Phi) is 3.93. The van der Waals surface area contributed by atoms with Crippen LogP contribution in [0.4, 0.5) is 5.69 Å². The van der Waals surface area contributed by atoms with Gasteiger partial charge in [0, 0.05) is 18.5 Å². The van der Waals surface area contributed by atoms with Crippen LogP contribution in [0.25, 0.3) is 0 Å². The number of rotatable bonds is 2. The molecule has 6 nitrogen and oxygen atoms in total. The van der Waals surface area contributed by atoms with Crippen LogP contribution in [0.5, 0.6) is 0 Å². The van der Waals surface area contributed by atoms with E-state index in [0.717, 1.165) is 23.5 Å². The van der Waals surface area contributed by atoms with Gasteiger partial charge in [-0.3, -0.25) is 20.4 Å². The lowest BCUT2D eigenvalue weighted by molar-refractivity contribution is -0.125. The summed E-state index contributed by atoms with van der Waals surface area (Å²) in [5.74, 6) is 0.395. The Bertz CT molecular complexity index is 848. The van der Waals surface area contributed by atoms with Gasteiger partial charge in [0.2, 0.25) is 0 Å². The summed E-state index contributed by atoms with van der Waals surface area (Å²) in [7, 11) is 0. The summed E-state index contributed by atoms with van der Waals surface area (Å²) in [6, 6.07) is 16.4. The molecule has 0 aliphatic carbocycles. The third kappa shape index (κ3) is 2.98. The van der Waals surface area contributed by atoms with Gasteiger partial charge in [-0.2, -0.15) is 0 Å². The van der Waals surface area contributed by atoms with Crippen molar-refractivity contribution in [2.75, 3.05) is 0 Å². The number of hydrogen-bond donors (Lipinski definition) is 2. The summed E-state index contributed by atoms with van der Waals surface area (Å²) in [6.45, 7) is 0.666. The quantitative estimate of drug-likeness (QED) is 0.827. The van der Waals surface area contributed by atoms with Crippen LogP contribution in [0.2, 0.25) is 0 Å². The second kappa shape index (κ2) is 6.39. The number of carbonyl (C=O) groups is 2. The van der Waals surface area contributed by atoms with E-state index in [9.17, 15) is 9.59 Å². The second-order valence-electron chi connectivity index (χ2n) is 6.15. The molecule has 0 spiro atoms. The molecule has 6 heteroatoms. The summed E-state index contributed by atoms with van der Waals surface area (Å²) >= 11 is 0. The third-order valence-electron chi connectivity index (χ3n) is 4.57. The fourth-order valence-electron chi connectivity index (χ4n) is 3.28. The lowest BCUT2D eigenvalue weighted by atomic mass is 10.1. The van der Waals surface area contributed by atoms with Crippen molar-refractivity contribution in [2.24, 2.45) is 4.99 Å². The van der Waals surface area contributed by atoms with Gasteiger partial charge in [0.15, 0.2) is 0 Å². The lowest BCUT2D eigenvalue weighted by Crippen LogP contribution is -2.51. The molecule has 4 rings (SSSR count). The van der Waals surface area contributed by atoms with Crippen molar-refractivity contribution in [2.45, 2.75) is 25.4 Å². The maximum absolute atomic E-state index is 12.5. The van der Waals surface area contributed by atoms with Crippen molar-refractivity contribution in [3.05, 3.63) is 65.7 Å². The van der Waals surface area contributed by atoms with Gasteiger partial charge in [-0.15, -0.1) is 0 Å². The molecule has 2 heterocycles. The normalized spacial score (nSPS) is 18.0. The molecule has 0 unspecified atom stereocenters. The summed E-state index contributed by atoms with van der Waals surface area (Å²) < 4.78 is 0. The van der Waals surface area contributed by atoms with Crippen LogP contribution < -0.4 is 10.9 Å². The molecule has 2 aliphatic heterocycles. The minimum Gasteiger partial charge on any atom is -0.344 e. The van der Waals surface area contributed by atoms with Gasteiger partial charge in [0.05, 0.1) is 5.69 Å². The number of hydrogen-bond acceptors (Lipinski definition) is 4. The highest BCUT2D eigenvalue weighted by Gasteiger charge is 2.36. The predicted molar refractivity (Wildman–Crippen MR) is 94.2 cm³/mol. The van der Waals surface area contributed by atoms with Crippen molar-refractivity contribution in [1.82, 2.24) is 15.8 Å². The monoisotopic (exact) mass is 334 g/mol. The summed E-state index contributed by atoms with van der Waals surface area (Å²) in [4.78, 5) is 31.3. The van der Waals surface area contributed by atoms with Gasteiger partial charge < -0.3 is 4.90 Å². The maximum Gasteiger partial charge on any atom is 0.269 e. The Balaban J connectivity index is 1.42. The molecule has 25 heavy (non-hydrogen) atoms. The summed E-state index contributed by atoms with van der Waals surface area (Å²) in [5.41, 5.74) is 7.62. The van der Waals surface area contributed by atoms with Crippen molar-refractivity contribution in [1.29, 1.82) is 0 Å². The van der Waals surface area contributed by atoms with Gasteiger partial charge in [-0.1, -0.05) is 36.4 Å². The molecule has 1 atom stereocenters. The molecular weight excluding hydrogens is 316 g/mol. The Labute approximate surface area is 145 Å². The van der Waals surface area contributed by atoms with Crippen LogP contribution >= 0.6 is 0 Å². The first-order valence-electron chi connectivity index (χ1n) is 8.30. The molecule has 2 aromatic carbocycles. The van der Waals surface area contributed by atoms with Crippen molar-refractivity contribution in [3.63, 3.8) is 0 Å². The van der Waals surface area contributed by atoms with Crippen LogP contribution in [0.1, 0.15) is 28.8 Å². The fraction of sp³-hybridized carbons (Fsp3) is 0.211. The maximum atomic E-state index is 12.5. The first-order chi connectivity index (χ1) is 12.2. The molecule has 126 valence electrons. The number of nitrogens with one attached hydrogen (secondary N) is 2. The zero-order valence-electron chi connectivity index (χ0n) is 13.6. The minimum atomic E-state index is -0.329. The fourth-order valence-corrected chi connectivity index (χ4v) is 3.28. The molecule has 2 amide bonds. The summed E-state index contributed by atoms with van der Waals surface area (Å²) in [5, 5.41) is 0. The number of hydrazine groups is 1.